The van der Waals surface area contributed by atoms with Crippen molar-refractivity contribution in [1.82, 2.24) is 9.78 Å². The van der Waals surface area contributed by atoms with E-state index in [1.807, 2.05) is 41.3 Å². The Balaban J connectivity index is 2.20. The zero-order chi connectivity index (χ0) is 13.1. The minimum absolute atomic E-state index is 0.0610. The number of carboxylic acids is 1. The van der Waals surface area contributed by atoms with E-state index in [2.05, 4.69) is 18.9 Å². The van der Waals surface area contributed by atoms with E-state index < -0.39 is 5.97 Å². The highest BCUT2D eigenvalue weighted by molar-refractivity contribution is 5.71. The lowest BCUT2D eigenvalue weighted by molar-refractivity contribution is -0.136. The molecule has 0 radical (unpaired) electrons. The van der Waals surface area contributed by atoms with Crippen LogP contribution in [0.25, 0.3) is 11.1 Å². The maximum absolute atomic E-state index is 10.6. The lowest BCUT2D eigenvalue weighted by atomic mass is 10.1. The highest BCUT2D eigenvalue weighted by Crippen LogP contribution is 2.20. The first-order valence-corrected chi connectivity index (χ1v) is 5.91. The van der Waals surface area contributed by atoms with Crippen molar-refractivity contribution in [2.75, 3.05) is 0 Å². The highest BCUT2D eigenvalue weighted by Gasteiger charge is 2.05. The third-order valence-electron chi connectivity index (χ3n) is 2.77. The van der Waals surface area contributed by atoms with Crippen molar-refractivity contribution in [2.24, 2.45) is 0 Å². The molecule has 0 saturated heterocycles. The van der Waals surface area contributed by atoms with Crippen LogP contribution < -0.4 is 0 Å². The Morgan fingerprint density at radius 1 is 1.28 bits per heavy atom. The van der Waals surface area contributed by atoms with E-state index >= 15 is 0 Å². The standard InChI is InChI=1S/C14H16N2O2/c1-10(2)16-9-13(8-15-16)12-5-3-11(4-6-12)7-14(17)18/h3-6,8-10H,7H2,1-2H3,(H,17,18). The molecule has 94 valence electrons. The molecule has 0 unspecified atom stereocenters. The van der Waals surface area contributed by atoms with Gasteiger partial charge in [-0.25, -0.2) is 0 Å². The molecule has 4 heteroatoms. The van der Waals surface area contributed by atoms with Gasteiger partial charge in [0.1, 0.15) is 0 Å². The van der Waals surface area contributed by atoms with Gasteiger partial charge in [0.25, 0.3) is 0 Å². The van der Waals surface area contributed by atoms with E-state index in [0.29, 0.717) is 6.04 Å². The molecule has 1 aromatic carbocycles. The van der Waals surface area contributed by atoms with Crippen LogP contribution >= 0.6 is 0 Å². The van der Waals surface area contributed by atoms with Gasteiger partial charge < -0.3 is 5.11 Å². The minimum Gasteiger partial charge on any atom is -0.481 e. The number of hydrogen-bond donors (Lipinski definition) is 1. The van der Waals surface area contributed by atoms with Crippen molar-refractivity contribution in [3.8, 4) is 11.1 Å². The second-order valence-electron chi connectivity index (χ2n) is 4.57. The molecule has 18 heavy (non-hydrogen) atoms. The fourth-order valence-corrected chi connectivity index (χ4v) is 1.76. The Bertz CT molecular complexity index is 541. The van der Waals surface area contributed by atoms with Gasteiger partial charge in [-0.05, 0) is 25.0 Å². The summed E-state index contributed by atoms with van der Waals surface area (Å²) in [5, 5.41) is 13.0. The third kappa shape index (κ3) is 2.77. The van der Waals surface area contributed by atoms with Crippen molar-refractivity contribution < 1.29 is 9.90 Å². The topological polar surface area (TPSA) is 55.1 Å². The summed E-state index contributed by atoms with van der Waals surface area (Å²) in [6, 6.07) is 7.89. The largest absolute Gasteiger partial charge is 0.481 e. The molecular formula is C14H16N2O2. The van der Waals surface area contributed by atoms with Crippen LogP contribution in [0.1, 0.15) is 25.5 Å². The summed E-state index contributed by atoms with van der Waals surface area (Å²) in [6.45, 7) is 4.15. The summed E-state index contributed by atoms with van der Waals surface area (Å²) in [5.41, 5.74) is 2.91. The lowest BCUT2D eigenvalue weighted by Gasteiger charge is -2.03. The summed E-state index contributed by atoms with van der Waals surface area (Å²) in [4.78, 5) is 10.6. The Hall–Kier alpha value is -2.10. The molecule has 1 heterocycles. The number of hydrogen-bond acceptors (Lipinski definition) is 2. The van der Waals surface area contributed by atoms with E-state index in [0.717, 1.165) is 16.7 Å². The molecule has 0 aliphatic rings. The number of nitrogens with zero attached hydrogens (tertiary/aromatic N) is 2. The summed E-state index contributed by atoms with van der Waals surface area (Å²) >= 11 is 0. The molecular weight excluding hydrogens is 228 g/mol. The Morgan fingerprint density at radius 3 is 2.44 bits per heavy atom. The second kappa shape index (κ2) is 5.04. The molecule has 0 aliphatic carbocycles. The van der Waals surface area contributed by atoms with E-state index in [9.17, 15) is 4.79 Å². The summed E-state index contributed by atoms with van der Waals surface area (Å²) in [7, 11) is 0. The fourth-order valence-electron chi connectivity index (χ4n) is 1.76. The van der Waals surface area contributed by atoms with E-state index in [1.165, 1.54) is 0 Å². The Morgan fingerprint density at radius 2 is 1.94 bits per heavy atom. The highest BCUT2D eigenvalue weighted by atomic mass is 16.4. The molecule has 2 rings (SSSR count). The molecule has 0 bridgehead atoms. The average Bonchev–Trinajstić information content (AvgIpc) is 2.78. The van der Waals surface area contributed by atoms with E-state index in [-0.39, 0.29) is 6.42 Å². The van der Waals surface area contributed by atoms with Crippen LogP contribution in [0.15, 0.2) is 36.7 Å². The summed E-state index contributed by atoms with van der Waals surface area (Å²) < 4.78 is 1.90. The maximum atomic E-state index is 10.6. The fraction of sp³-hybridized carbons (Fsp3) is 0.286. The van der Waals surface area contributed by atoms with Crippen LogP contribution in [-0.4, -0.2) is 20.9 Å². The molecule has 2 aromatic rings. The molecule has 0 saturated carbocycles. The number of rotatable bonds is 4. The maximum Gasteiger partial charge on any atom is 0.307 e. The van der Waals surface area contributed by atoms with Gasteiger partial charge in [-0.1, -0.05) is 24.3 Å². The van der Waals surface area contributed by atoms with Gasteiger partial charge in [0.2, 0.25) is 0 Å². The van der Waals surface area contributed by atoms with Gasteiger partial charge in [0.15, 0.2) is 0 Å². The van der Waals surface area contributed by atoms with Crippen LogP contribution in [0, 0.1) is 0 Å². The van der Waals surface area contributed by atoms with Crippen molar-refractivity contribution in [3.05, 3.63) is 42.2 Å². The lowest BCUT2D eigenvalue weighted by Crippen LogP contribution is -2.00. The predicted octanol–water partition coefficient (Wildman–Crippen LogP) is 2.76. The molecule has 1 aromatic heterocycles. The predicted molar refractivity (Wildman–Crippen MR) is 69.4 cm³/mol. The Labute approximate surface area is 106 Å². The van der Waals surface area contributed by atoms with Crippen molar-refractivity contribution in [3.63, 3.8) is 0 Å². The summed E-state index contributed by atoms with van der Waals surface area (Å²) in [5.74, 6) is -0.810. The SMILES string of the molecule is CC(C)n1cc(-c2ccc(CC(=O)O)cc2)cn1. The minimum atomic E-state index is -0.810. The van der Waals surface area contributed by atoms with Crippen LogP contribution in [-0.2, 0) is 11.2 Å². The van der Waals surface area contributed by atoms with Gasteiger partial charge in [0, 0.05) is 17.8 Å². The molecule has 0 spiro atoms. The number of carbonyl (C=O) groups is 1. The van der Waals surface area contributed by atoms with E-state index in [1.54, 1.807) is 0 Å². The van der Waals surface area contributed by atoms with Crippen LogP contribution in [0.3, 0.4) is 0 Å². The smallest absolute Gasteiger partial charge is 0.307 e. The first-order chi connectivity index (χ1) is 8.56. The second-order valence-corrected chi connectivity index (χ2v) is 4.57. The zero-order valence-electron chi connectivity index (χ0n) is 10.5. The number of benzene rings is 1. The van der Waals surface area contributed by atoms with Crippen LogP contribution in [0.4, 0.5) is 0 Å². The van der Waals surface area contributed by atoms with Gasteiger partial charge in [-0.3, -0.25) is 9.48 Å². The first kappa shape index (κ1) is 12.4. The molecule has 0 amide bonds. The third-order valence-corrected chi connectivity index (χ3v) is 2.77. The number of carboxylic acid groups (broad SMARTS) is 1. The van der Waals surface area contributed by atoms with Crippen molar-refractivity contribution in [2.45, 2.75) is 26.3 Å². The van der Waals surface area contributed by atoms with Crippen LogP contribution in [0.2, 0.25) is 0 Å². The Kier molecular flexibility index (Phi) is 3.46. The van der Waals surface area contributed by atoms with Gasteiger partial charge in [-0.15, -0.1) is 0 Å². The van der Waals surface area contributed by atoms with Gasteiger partial charge >= 0.3 is 5.97 Å². The van der Waals surface area contributed by atoms with E-state index in [4.69, 9.17) is 5.11 Å². The molecule has 1 N–H and O–H groups in total. The normalized spacial score (nSPS) is 10.8. The van der Waals surface area contributed by atoms with Crippen molar-refractivity contribution >= 4 is 5.97 Å². The average molecular weight is 244 g/mol. The molecule has 0 fully saturated rings. The van der Waals surface area contributed by atoms with Gasteiger partial charge in [0.05, 0.1) is 12.6 Å². The number of aromatic nitrogens is 2. The molecule has 0 atom stereocenters. The van der Waals surface area contributed by atoms with Crippen LogP contribution in [0.5, 0.6) is 0 Å². The zero-order valence-corrected chi connectivity index (χ0v) is 10.5. The van der Waals surface area contributed by atoms with Crippen molar-refractivity contribution in [1.29, 1.82) is 0 Å². The molecule has 4 nitrogen and oxygen atoms in total. The van der Waals surface area contributed by atoms with Gasteiger partial charge in [-0.2, -0.15) is 5.10 Å². The summed E-state index contributed by atoms with van der Waals surface area (Å²) in [6.07, 6.45) is 3.88. The quantitative estimate of drug-likeness (QED) is 0.899. The monoisotopic (exact) mass is 244 g/mol. The first-order valence-electron chi connectivity index (χ1n) is 5.91. The molecule has 0 aliphatic heterocycles. The number of aliphatic carboxylic acids is 1.